The second-order valence-corrected chi connectivity index (χ2v) is 8.65. The van der Waals surface area contributed by atoms with Gasteiger partial charge in [-0.3, -0.25) is 24.7 Å². The molecule has 0 saturated carbocycles. The lowest BCUT2D eigenvalue weighted by atomic mass is 9.89. The third-order valence-corrected chi connectivity index (χ3v) is 6.37. The van der Waals surface area contributed by atoms with Gasteiger partial charge in [-0.2, -0.15) is 0 Å². The molecule has 1 aromatic heterocycles. The lowest BCUT2D eigenvalue weighted by Gasteiger charge is -2.32. The van der Waals surface area contributed by atoms with Crippen LogP contribution in [0.5, 0.6) is 0 Å². The molecule has 176 valence electrons. The summed E-state index contributed by atoms with van der Waals surface area (Å²) in [4.78, 5) is 44.9. The minimum atomic E-state index is -0.455. The van der Waals surface area contributed by atoms with Crippen LogP contribution in [-0.4, -0.2) is 57.7 Å². The number of likely N-dealkylation sites (tertiary alicyclic amines) is 1. The number of nitro groups is 1. The van der Waals surface area contributed by atoms with E-state index in [-0.39, 0.29) is 23.4 Å². The minimum absolute atomic E-state index is 0.0118. The number of carbonyl (C=O) groups is 2. The number of piperidine rings is 1. The largest absolute Gasteiger partial charge is 0.339 e. The molecule has 4 rings (SSSR count). The standard InChI is InChI=1S/C26H28N4O4/c1-19-9-11-22(26(32)29-15-5-2-6-16-29)25(27-19)21-13-17-28(18-14-21)24(31)12-10-20-7-3-4-8-23(20)30(33)34/h2-5,7-12,21H,6,13-18H2,1H3/b12-10+. The first-order chi connectivity index (χ1) is 16.4. The Morgan fingerprint density at radius 3 is 2.53 bits per heavy atom. The molecule has 8 heteroatoms. The Morgan fingerprint density at radius 2 is 1.82 bits per heavy atom. The summed E-state index contributed by atoms with van der Waals surface area (Å²) >= 11 is 0. The number of hydrogen-bond acceptors (Lipinski definition) is 5. The molecule has 8 nitrogen and oxygen atoms in total. The fraction of sp³-hybridized carbons (Fsp3) is 0.346. The van der Waals surface area contributed by atoms with Gasteiger partial charge in [0.05, 0.1) is 21.7 Å². The average Bonchev–Trinajstić information content (AvgIpc) is 2.87. The smallest absolute Gasteiger partial charge is 0.276 e. The van der Waals surface area contributed by atoms with Crippen molar-refractivity contribution in [3.8, 4) is 0 Å². The van der Waals surface area contributed by atoms with Crippen molar-refractivity contribution >= 4 is 23.6 Å². The number of rotatable bonds is 5. The zero-order valence-electron chi connectivity index (χ0n) is 19.2. The Balaban J connectivity index is 1.43. The van der Waals surface area contributed by atoms with Gasteiger partial charge in [0.1, 0.15) is 0 Å². The summed E-state index contributed by atoms with van der Waals surface area (Å²) in [6, 6.07) is 10.1. The van der Waals surface area contributed by atoms with Crippen LogP contribution >= 0.6 is 0 Å². The second kappa shape index (κ2) is 10.4. The first kappa shape index (κ1) is 23.4. The van der Waals surface area contributed by atoms with Gasteiger partial charge in [-0.25, -0.2) is 0 Å². The van der Waals surface area contributed by atoms with Crippen LogP contribution in [0.15, 0.2) is 54.6 Å². The third kappa shape index (κ3) is 5.22. The summed E-state index contributed by atoms with van der Waals surface area (Å²) in [5, 5.41) is 11.2. The van der Waals surface area contributed by atoms with Gasteiger partial charge >= 0.3 is 0 Å². The molecule has 1 aromatic carbocycles. The summed E-state index contributed by atoms with van der Waals surface area (Å²) in [6.45, 7) is 4.33. The summed E-state index contributed by atoms with van der Waals surface area (Å²) in [6.07, 6.45) is 9.29. The van der Waals surface area contributed by atoms with Gasteiger partial charge in [-0.15, -0.1) is 0 Å². The SMILES string of the molecule is Cc1ccc(C(=O)N2CC=CCC2)c(C2CCN(C(=O)/C=C/c3ccccc3[N+](=O)[O-])CC2)n1. The number of hydrogen-bond donors (Lipinski definition) is 0. The molecule has 34 heavy (non-hydrogen) atoms. The monoisotopic (exact) mass is 460 g/mol. The number of nitrogens with zero attached hydrogens (tertiary/aromatic N) is 4. The second-order valence-electron chi connectivity index (χ2n) is 8.65. The molecule has 0 N–H and O–H groups in total. The van der Waals surface area contributed by atoms with Crippen molar-refractivity contribution in [2.75, 3.05) is 26.2 Å². The van der Waals surface area contributed by atoms with E-state index in [2.05, 4.69) is 6.08 Å². The maximum Gasteiger partial charge on any atom is 0.276 e. The number of carbonyl (C=O) groups excluding carboxylic acids is 2. The van der Waals surface area contributed by atoms with E-state index in [1.807, 2.05) is 30.0 Å². The summed E-state index contributed by atoms with van der Waals surface area (Å²) < 4.78 is 0. The minimum Gasteiger partial charge on any atom is -0.339 e. The third-order valence-electron chi connectivity index (χ3n) is 6.37. The van der Waals surface area contributed by atoms with Crippen LogP contribution in [-0.2, 0) is 4.79 Å². The van der Waals surface area contributed by atoms with E-state index in [9.17, 15) is 19.7 Å². The molecule has 0 unspecified atom stereocenters. The Morgan fingerprint density at radius 1 is 1.06 bits per heavy atom. The van der Waals surface area contributed by atoms with Crippen LogP contribution in [0.25, 0.3) is 6.08 Å². The molecule has 0 aliphatic carbocycles. The Kier molecular flexibility index (Phi) is 7.15. The zero-order valence-corrected chi connectivity index (χ0v) is 19.2. The van der Waals surface area contributed by atoms with Crippen LogP contribution in [0.3, 0.4) is 0 Å². The highest BCUT2D eigenvalue weighted by Gasteiger charge is 2.29. The molecule has 0 spiro atoms. The fourth-order valence-electron chi connectivity index (χ4n) is 4.50. The van der Waals surface area contributed by atoms with E-state index in [1.165, 1.54) is 18.2 Å². The van der Waals surface area contributed by atoms with Crippen LogP contribution in [0.4, 0.5) is 5.69 Å². The highest BCUT2D eigenvalue weighted by molar-refractivity contribution is 5.96. The number of benzene rings is 1. The predicted molar refractivity (Wildman–Crippen MR) is 129 cm³/mol. The van der Waals surface area contributed by atoms with Crippen molar-refractivity contribution in [2.24, 2.45) is 0 Å². The van der Waals surface area contributed by atoms with Gasteiger partial charge in [0, 0.05) is 49.9 Å². The Bertz CT molecular complexity index is 1150. The van der Waals surface area contributed by atoms with Crippen molar-refractivity contribution < 1.29 is 14.5 Å². The normalized spacial score (nSPS) is 16.7. The highest BCUT2D eigenvalue weighted by atomic mass is 16.6. The number of aryl methyl sites for hydroxylation is 1. The molecule has 2 aromatic rings. The molecule has 2 amide bonds. The van der Waals surface area contributed by atoms with Crippen LogP contribution in [0, 0.1) is 17.0 Å². The number of nitro benzene ring substituents is 1. The van der Waals surface area contributed by atoms with Crippen LogP contribution in [0.1, 0.15) is 52.5 Å². The summed E-state index contributed by atoms with van der Waals surface area (Å²) in [5.41, 5.74) is 2.72. The predicted octanol–water partition coefficient (Wildman–Crippen LogP) is 4.12. The maximum atomic E-state index is 13.2. The van der Waals surface area contributed by atoms with E-state index in [0.717, 1.165) is 17.8 Å². The van der Waals surface area contributed by atoms with Crippen molar-refractivity contribution in [2.45, 2.75) is 32.1 Å². The van der Waals surface area contributed by atoms with Crippen LogP contribution < -0.4 is 0 Å². The number of aromatic nitrogens is 1. The average molecular weight is 461 g/mol. The van der Waals surface area contributed by atoms with E-state index in [1.54, 1.807) is 23.1 Å². The molecular formula is C26H28N4O4. The van der Waals surface area contributed by atoms with Gasteiger partial charge < -0.3 is 9.80 Å². The topological polar surface area (TPSA) is 96.7 Å². The molecule has 2 aliphatic heterocycles. The van der Waals surface area contributed by atoms with Gasteiger partial charge in [0.25, 0.3) is 11.6 Å². The van der Waals surface area contributed by atoms with E-state index >= 15 is 0 Å². The number of para-hydroxylation sites is 1. The quantitative estimate of drug-likeness (QED) is 0.289. The zero-order chi connectivity index (χ0) is 24.1. The molecule has 3 heterocycles. The van der Waals surface area contributed by atoms with Crippen molar-refractivity contribution in [3.05, 3.63) is 87.3 Å². The van der Waals surface area contributed by atoms with Crippen molar-refractivity contribution in [1.29, 1.82) is 0 Å². The summed E-state index contributed by atoms with van der Waals surface area (Å²) in [7, 11) is 0. The lowest BCUT2D eigenvalue weighted by molar-refractivity contribution is -0.385. The van der Waals surface area contributed by atoms with E-state index < -0.39 is 4.92 Å². The Hall–Kier alpha value is -3.81. The maximum absolute atomic E-state index is 13.2. The number of amides is 2. The highest BCUT2D eigenvalue weighted by Crippen LogP contribution is 2.30. The molecule has 1 fully saturated rings. The molecular weight excluding hydrogens is 432 g/mol. The van der Waals surface area contributed by atoms with Gasteiger partial charge in [-0.1, -0.05) is 24.3 Å². The molecule has 2 aliphatic rings. The number of pyridine rings is 1. The van der Waals surface area contributed by atoms with Gasteiger partial charge in [0.2, 0.25) is 5.91 Å². The van der Waals surface area contributed by atoms with E-state index in [0.29, 0.717) is 50.1 Å². The van der Waals surface area contributed by atoms with E-state index in [4.69, 9.17) is 4.98 Å². The Labute approximate surface area is 198 Å². The van der Waals surface area contributed by atoms with Gasteiger partial charge in [-0.05, 0) is 50.5 Å². The fourth-order valence-corrected chi connectivity index (χ4v) is 4.50. The lowest BCUT2D eigenvalue weighted by Crippen LogP contribution is -2.38. The van der Waals surface area contributed by atoms with Gasteiger partial charge in [0.15, 0.2) is 0 Å². The first-order valence-electron chi connectivity index (χ1n) is 11.6. The molecule has 0 atom stereocenters. The molecule has 0 bridgehead atoms. The first-order valence-corrected chi connectivity index (χ1v) is 11.6. The molecule has 1 saturated heterocycles. The van der Waals surface area contributed by atoms with Crippen LogP contribution in [0.2, 0.25) is 0 Å². The summed E-state index contributed by atoms with van der Waals surface area (Å²) in [5.74, 6) is -0.0645. The van der Waals surface area contributed by atoms with Crippen molar-refractivity contribution in [1.82, 2.24) is 14.8 Å². The van der Waals surface area contributed by atoms with Crippen molar-refractivity contribution in [3.63, 3.8) is 0 Å². The molecule has 0 radical (unpaired) electrons.